The zero-order valence-electron chi connectivity index (χ0n) is 5.73. The van der Waals surface area contributed by atoms with Crippen molar-refractivity contribution in [1.82, 2.24) is 0 Å². The highest BCUT2D eigenvalue weighted by Gasteiger charge is 2.37. The summed E-state index contributed by atoms with van der Waals surface area (Å²) >= 11 is 0.588. The number of hydrogen-bond donors (Lipinski definition) is 4. The van der Waals surface area contributed by atoms with Gasteiger partial charge in [-0.25, -0.2) is 0 Å². The molecule has 0 aromatic rings. The lowest BCUT2D eigenvalue weighted by molar-refractivity contribution is -0.142. The molecule has 0 saturated carbocycles. The third-order valence-electron chi connectivity index (χ3n) is 1.24. The first kappa shape index (κ1) is 10.7. The first-order chi connectivity index (χ1) is 5.13. The van der Waals surface area contributed by atoms with E-state index in [4.69, 9.17) is 20.4 Å². The molecular formula is C5H10O5S. The van der Waals surface area contributed by atoms with Crippen LogP contribution in [0, 0.1) is 0 Å². The average Bonchev–Trinajstić information content (AvgIpc) is 2.00. The van der Waals surface area contributed by atoms with E-state index >= 15 is 0 Å². The van der Waals surface area contributed by atoms with Crippen LogP contribution in [0.2, 0.25) is 0 Å². The average molecular weight is 182 g/mol. The van der Waals surface area contributed by atoms with Crippen LogP contribution in [-0.4, -0.2) is 50.3 Å². The van der Waals surface area contributed by atoms with Crippen LogP contribution < -0.4 is 0 Å². The quantitative estimate of drug-likeness (QED) is 0.385. The number of rotatable bonds is 5. The summed E-state index contributed by atoms with van der Waals surface area (Å²) in [5.41, 5.74) is 0. The second-order valence-electron chi connectivity index (χ2n) is 1.89. The Kier molecular flexibility index (Phi) is 4.43. The van der Waals surface area contributed by atoms with Gasteiger partial charge >= 0.3 is 5.97 Å². The molecule has 0 bridgehead atoms. The number of aliphatic carboxylic acids is 1. The summed E-state index contributed by atoms with van der Waals surface area (Å²) in [4.78, 5) is 10.4. The zero-order valence-corrected chi connectivity index (χ0v) is 6.54. The molecule has 0 fully saturated rings. The van der Waals surface area contributed by atoms with E-state index < -0.39 is 29.9 Å². The SMILES string of the molecule is O=C(O)C(CO)(CO)SCO. The summed E-state index contributed by atoms with van der Waals surface area (Å²) in [5, 5.41) is 34.1. The first-order valence-corrected chi connectivity index (χ1v) is 3.81. The highest BCUT2D eigenvalue weighted by molar-refractivity contribution is 8.01. The summed E-state index contributed by atoms with van der Waals surface area (Å²) in [7, 11) is 0. The van der Waals surface area contributed by atoms with Crippen molar-refractivity contribution >= 4 is 17.7 Å². The Labute approximate surface area is 67.7 Å². The number of aliphatic hydroxyl groups excluding tert-OH is 3. The molecule has 5 nitrogen and oxygen atoms in total. The maximum atomic E-state index is 10.4. The number of hydrogen-bond acceptors (Lipinski definition) is 5. The van der Waals surface area contributed by atoms with Gasteiger partial charge in [-0.3, -0.25) is 4.79 Å². The molecule has 0 heterocycles. The number of carbonyl (C=O) groups is 1. The summed E-state index contributed by atoms with van der Waals surface area (Å²) < 4.78 is -1.67. The van der Waals surface area contributed by atoms with Crippen LogP contribution in [0.15, 0.2) is 0 Å². The molecule has 0 aliphatic carbocycles. The van der Waals surface area contributed by atoms with E-state index in [-0.39, 0.29) is 0 Å². The van der Waals surface area contributed by atoms with Gasteiger partial charge in [0.1, 0.15) is 0 Å². The normalized spacial score (nSPS) is 11.5. The molecule has 0 spiro atoms. The predicted octanol–water partition coefficient (Wildman–Crippen LogP) is -1.52. The molecule has 0 saturated heterocycles. The standard InChI is InChI=1S/C5H10O5S/c6-1-5(2-7,4(9)10)11-3-8/h6-8H,1-3H2,(H,9,10). The molecule has 0 unspecified atom stereocenters. The van der Waals surface area contributed by atoms with Crippen molar-refractivity contribution in [1.29, 1.82) is 0 Å². The zero-order chi connectivity index (χ0) is 8.91. The van der Waals surface area contributed by atoms with Gasteiger partial charge in [-0.05, 0) is 0 Å². The molecule has 11 heavy (non-hydrogen) atoms. The lowest BCUT2D eigenvalue weighted by Crippen LogP contribution is -2.43. The monoisotopic (exact) mass is 182 g/mol. The Morgan fingerprint density at radius 1 is 1.27 bits per heavy atom. The molecule has 0 radical (unpaired) electrons. The summed E-state index contributed by atoms with van der Waals surface area (Å²) in [5.74, 6) is -1.78. The maximum absolute atomic E-state index is 10.4. The van der Waals surface area contributed by atoms with Gasteiger partial charge in [0.15, 0.2) is 4.75 Å². The van der Waals surface area contributed by atoms with Crippen LogP contribution in [0.1, 0.15) is 0 Å². The van der Waals surface area contributed by atoms with Crippen LogP contribution in [0.25, 0.3) is 0 Å². The Morgan fingerprint density at radius 3 is 1.82 bits per heavy atom. The molecule has 4 N–H and O–H groups in total. The molecule has 0 aromatic heterocycles. The van der Waals surface area contributed by atoms with Crippen molar-refractivity contribution in [3.05, 3.63) is 0 Å². The van der Waals surface area contributed by atoms with E-state index in [0.717, 1.165) is 0 Å². The van der Waals surface area contributed by atoms with Gasteiger partial charge in [-0.1, -0.05) is 0 Å². The van der Waals surface area contributed by atoms with Crippen molar-refractivity contribution in [2.75, 3.05) is 19.2 Å². The predicted molar refractivity (Wildman–Crippen MR) is 39.2 cm³/mol. The van der Waals surface area contributed by atoms with Crippen LogP contribution in [0.3, 0.4) is 0 Å². The maximum Gasteiger partial charge on any atom is 0.324 e. The highest BCUT2D eigenvalue weighted by Crippen LogP contribution is 2.23. The Balaban J connectivity index is 4.32. The fourth-order valence-electron chi connectivity index (χ4n) is 0.462. The van der Waals surface area contributed by atoms with Crippen molar-refractivity contribution in [2.24, 2.45) is 0 Å². The van der Waals surface area contributed by atoms with E-state index in [1.54, 1.807) is 0 Å². The second-order valence-corrected chi connectivity index (χ2v) is 3.22. The van der Waals surface area contributed by atoms with Crippen molar-refractivity contribution in [3.63, 3.8) is 0 Å². The molecule has 0 aromatic carbocycles. The lowest BCUT2D eigenvalue weighted by Gasteiger charge is -2.22. The molecule has 66 valence electrons. The van der Waals surface area contributed by atoms with Gasteiger partial charge < -0.3 is 20.4 Å². The largest absolute Gasteiger partial charge is 0.480 e. The minimum Gasteiger partial charge on any atom is -0.480 e. The fraction of sp³-hybridized carbons (Fsp3) is 0.800. The minimum absolute atomic E-state index is 0.451. The van der Waals surface area contributed by atoms with Crippen molar-refractivity contribution in [2.45, 2.75) is 4.75 Å². The van der Waals surface area contributed by atoms with Crippen LogP contribution in [0.5, 0.6) is 0 Å². The number of carboxylic acid groups (broad SMARTS) is 1. The van der Waals surface area contributed by atoms with Crippen molar-refractivity contribution < 1.29 is 25.2 Å². The molecule has 0 atom stereocenters. The van der Waals surface area contributed by atoms with Gasteiger partial charge in [-0.2, -0.15) is 0 Å². The van der Waals surface area contributed by atoms with E-state index in [0.29, 0.717) is 11.8 Å². The lowest BCUT2D eigenvalue weighted by atomic mass is 10.2. The van der Waals surface area contributed by atoms with Gasteiger partial charge in [-0.15, -0.1) is 11.8 Å². The summed E-state index contributed by atoms with van der Waals surface area (Å²) in [6, 6.07) is 0. The van der Waals surface area contributed by atoms with E-state index in [1.807, 2.05) is 0 Å². The molecule has 0 rings (SSSR count). The number of aliphatic hydroxyl groups is 3. The molecule has 0 aliphatic rings. The van der Waals surface area contributed by atoms with Crippen LogP contribution in [0.4, 0.5) is 0 Å². The smallest absolute Gasteiger partial charge is 0.324 e. The Hall–Kier alpha value is -0.300. The summed E-state index contributed by atoms with van der Waals surface area (Å²) in [6.45, 7) is -1.41. The number of thioether (sulfide) groups is 1. The highest BCUT2D eigenvalue weighted by atomic mass is 32.2. The van der Waals surface area contributed by atoms with Crippen LogP contribution >= 0.6 is 11.8 Å². The van der Waals surface area contributed by atoms with E-state index in [1.165, 1.54) is 0 Å². The molecule has 6 heteroatoms. The van der Waals surface area contributed by atoms with Gasteiger partial charge in [0.05, 0.1) is 19.2 Å². The van der Waals surface area contributed by atoms with Gasteiger partial charge in [0.2, 0.25) is 0 Å². The molecule has 0 aliphatic heterocycles. The first-order valence-electron chi connectivity index (χ1n) is 2.83. The number of carboxylic acids is 1. The Bertz CT molecular complexity index is 133. The molecular weight excluding hydrogens is 172 g/mol. The van der Waals surface area contributed by atoms with Gasteiger partial charge in [0.25, 0.3) is 0 Å². The summed E-state index contributed by atoms with van der Waals surface area (Å²) in [6.07, 6.45) is 0. The third-order valence-corrected chi connectivity index (χ3v) is 2.36. The van der Waals surface area contributed by atoms with Gasteiger partial charge in [0, 0.05) is 0 Å². The van der Waals surface area contributed by atoms with Crippen LogP contribution in [-0.2, 0) is 4.79 Å². The minimum atomic E-state index is -1.67. The van der Waals surface area contributed by atoms with Crippen molar-refractivity contribution in [3.8, 4) is 0 Å². The fourth-order valence-corrected chi connectivity index (χ4v) is 1.02. The second kappa shape index (κ2) is 4.55. The molecule has 0 amide bonds. The third kappa shape index (κ3) is 2.33. The Morgan fingerprint density at radius 2 is 1.73 bits per heavy atom. The van der Waals surface area contributed by atoms with E-state index in [2.05, 4.69) is 0 Å². The van der Waals surface area contributed by atoms with E-state index in [9.17, 15) is 4.79 Å². The topological polar surface area (TPSA) is 98.0 Å².